The number of rotatable bonds is 3. The molecule has 0 aliphatic heterocycles. The van der Waals surface area contributed by atoms with E-state index in [-0.39, 0.29) is 0 Å². The van der Waals surface area contributed by atoms with Crippen LogP contribution in [0.4, 0.5) is 0 Å². The SMILES string of the molecule is CCn1nc(C)cc1Cn1ccc2c(C)cccc21. The molecule has 0 saturated carbocycles. The topological polar surface area (TPSA) is 22.8 Å². The van der Waals surface area contributed by atoms with E-state index in [0.717, 1.165) is 18.8 Å². The van der Waals surface area contributed by atoms with E-state index in [1.54, 1.807) is 0 Å². The second kappa shape index (κ2) is 4.57. The molecule has 0 aliphatic rings. The largest absolute Gasteiger partial charge is 0.341 e. The summed E-state index contributed by atoms with van der Waals surface area (Å²) in [6, 6.07) is 10.8. The van der Waals surface area contributed by atoms with Crippen molar-refractivity contribution in [2.75, 3.05) is 0 Å². The van der Waals surface area contributed by atoms with E-state index in [2.05, 4.69) is 64.7 Å². The number of hydrogen-bond acceptors (Lipinski definition) is 1. The molecule has 3 aromatic rings. The number of hydrogen-bond donors (Lipinski definition) is 0. The maximum atomic E-state index is 4.51. The van der Waals surface area contributed by atoms with E-state index >= 15 is 0 Å². The summed E-state index contributed by atoms with van der Waals surface area (Å²) >= 11 is 0. The van der Waals surface area contributed by atoms with Gasteiger partial charge in [-0.05, 0) is 44.5 Å². The molecular weight excluding hydrogens is 234 g/mol. The van der Waals surface area contributed by atoms with Gasteiger partial charge < -0.3 is 4.57 Å². The van der Waals surface area contributed by atoms with Crippen LogP contribution in [0, 0.1) is 13.8 Å². The summed E-state index contributed by atoms with van der Waals surface area (Å²) in [4.78, 5) is 0. The molecule has 3 heteroatoms. The number of benzene rings is 1. The zero-order valence-corrected chi connectivity index (χ0v) is 11.7. The Hall–Kier alpha value is -2.03. The summed E-state index contributed by atoms with van der Waals surface area (Å²) in [5.74, 6) is 0. The minimum Gasteiger partial charge on any atom is -0.341 e. The molecule has 19 heavy (non-hydrogen) atoms. The normalized spacial score (nSPS) is 11.3. The molecule has 0 N–H and O–H groups in total. The average Bonchev–Trinajstić information content (AvgIpc) is 2.95. The molecule has 0 bridgehead atoms. The molecule has 0 atom stereocenters. The minimum atomic E-state index is 0.877. The van der Waals surface area contributed by atoms with Crippen LogP contribution in [0.5, 0.6) is 0 Å². The molecule has 98 valence electrons. The minimum absolute atomic E-state index is 0.877. The predicted octanol–water partition coefficient (Wildman–Crippen LogP) is 3.52. The Morgan fingerprint density at radius 2 is 2.00 bits per heavy atom. The molecule has 0 spiro atoms. The summed E-state index contributed by atoms with van der Waals surface area (Å²) in [5.41, 5.74) is 4.97. The Kier molecular flexibility index (Phi) is 2.90. The van der Waals surface area contributed by atoms with Gasteiger partial charge in [-0.15, -0.1) is 0 Å². The van der Waals surface area contributed by atoms with Crippen LogP contribution >= 0.6 is 0 Å². The van der Waals surface area contributed by atoms with Crippen LogP contribution in [0.1, 0.15) is 23.9 Å². The van der Waals surface area contributed by atoms with Gasteiger partial charge in [0.25, 0.3) is 0 Å². The molecule has 0 saturated heterocycles. The fourth-order valence-electron chi connectivity index (χ4n) is 2.69. The Labute approximate surface area is 113 Å². The fourth-order valence-corrected chi connectivity index (χ4v) is 2.69. The Bertz CT molecular complexity index is 719. The maximum absolute atomic E-state index is 4.51. The van der Waals surface area contributed by atoms with Crippen LogP contribution in [-0.2, 0) is 13.1 Å². The highest BCUT2D eigenvalue weighted by atomic mass is 15.3. The lowest BCUT2D eigenvalue weighted by atomic mass is 10.1. The third kappa shape index (κ3) is 2.05. The van der Waals surface area contributed by atoms with Gasteiger partial charge in [-0.25, -0.2) is 0 Å². The zero-order chi connectivity index (χ0) is 13.4. The van der Waals surface area contributed by atoms with Crippen molar-refractivity contribution < 1.29 is 0 Å². The predicted molar refractivity (Wildman–Crippen MR) is 78.4 cm³/mol. The number of aromatic nitrogens is 3. The Morgan fingerprint density at radius 1 is 1.16 bits per heavy atom. The summed E-state index contributed by atoms with van der Waals surface area (Å²) in [6.07, 6.45) is 2.17. The summed E-state index contributed by atoms with van der Waals surface area (Å²) in [5, 5.41) is 5.85. The van der Waals surface area contributed by atoms with Crippen LogP contribution in [-0.4, -0.2) is 14.3 Å². The Balaban J connectivity index is 2.03. The van der Waals surface area contributed by atoms with Crippen molar-refractivity contribution in [3.63, 3.8) is 0 Å². The van der Waals surface area contributed by atoms with Crippen molar-refractivity contribution in [1.82, 2.24) is 14.3 Å². The summed E-state index contributed by atoms with van der Waals surface area (Å²) in [7, 11) is 0. The van der Waals surface area contributed by atoms with Gasteiger partial charge in [-0.1, -0.05) is 12.1 Å². The highest BCUT2D eigenvalue weighted by Crippen LogP contribution is 2.20. The molecule has 2 heterocycles. The molecule has 3 rings (SSSR count). The van der Waals surface area contributed by atoms with Gasteiger partial charge in [0.15, 0.2) is 0 Å². The first-order chi connectivity index (χ1) is 9.19. The van der Waals surface area contributed by atoms with E-state index in [9.17, 15) is 0 Å². The summed E-state index contributed by atoms with van der Waals surface area (Å²) < 4.78 is 4.38. The molecule has 3 nitrogen and oxygen atoms in total. The number of nitrogens with zero attached hydrogens (tertiary/aromatic N) is 3. The second-order valence-corrected chi connectivity index (χ2v) is 5.04. The molecule has 1 aromatic carbocycles. The quantitative estimate of drug-likeness (QED) is 0.700. The van der Waals surface area contributed by atoms with E-state index < -0.39 is 0 Å². The van der Waals surface area contributed by atoms with Crippen LogP contribution in [0.3, 0.4) is 0 Å². The number of aryl methyl sites for hydroxylation is 3. The van der Waals surface area contributed by atoms with Crippen LogP contribution in [0.15, 0.2) is 36.5 Å². The van der Waals surface area contributed by atoms with Gasteiger partial charge in [0.2, 0.25) is 0 Å². The number of fused-ring (bicyclic) bond motifs is 1. The first kappa shape index (κ1) is 12.0. The first-order valence-corrected chi connectivity index (χ1v) is 6.77. The highest BCUT2D eigenvalue weighted by Gasteiger charge is 2.07. The molecular formula is C16H19N3. The second-order valence-electron chi connectivity index (χ2n) is 5.04. The summed E-state index contributed by atoms with van der Waals surface area (Å²) in [6.45, 7) is 8.14. The van der Waals surface area contributed by atoms with E-state index in [0.29, 0.717) is 0 Å². The average molecular weight is 253 g/mol. The maximum Gasteiger partial charge on any atom is 0.0645 e. The first-order valence-electron chi connectivity index (χ1n) is 6.77. The Morgan fingerprint density at radius 3 is 2.79 bits per heavy atom. The monoisotopic (exact) mass is 253 g/mol. The van der Waals surface area contributed by atoms with Crippen molar-refractivity contribution in [2.24, 2.45) is 0 Å². The van der Waals surface area contributed by atoms with Gasteiger partial charge in [0.05, 0.1) is 17.9 Å². The van der Waals surface area contributed by atoms with Gasteiger partial charge in [0, 0.05) is 23.6 Å². The third-order valence-electron chi connectivity index (χ3n) is 3.65. The lowest BCUT2D eigenvalue weighted by Crippen LogP contribution is -2.07. The van der Waals surface area contributed by atoms with Crippen molar-refractivity contribution in [3.05, 3.63) is 53.5 Å². The fraction of sp³-hybridized carbons (Fsp3) is 0.312. The van der Waals surface area contributed by atoms with Crippen molar-refractivity contribution in [3.8, 4) is 0 Å². The molecule has 2 aromatic heterocycles. The molecule has 0 unspecified atom stereocenters. The van der Waals surface area contributed by atoms with Gasteiger partial charge in [-0.2, -0.15) is 5.10 Å². The van der Waals surface area contributed by atoms with Gasteiger partial charge in [-0.3, -0.25) is 4.68 Å². The van der Waals surface area contributed by atoms with Crippen LogP contribution in [0.2, 0.25) is 0 Å². The van der Waals surface area contributed by atoms with Crippen molar-refractivity contribution in [2.45, 2.75) is 33.9 Å². The van der Waals surface area contributed by atoms with Crippen LogP contribution < -0.4 is 0 Å². The molecule has 0 fully saturated rings. The van der Waals surface area contributed by atoms with Gasteiger partial charge in [0.1, 0.15) is 0 Å². The van der Waals surface area contributed by atoms with Crippen molar-refractivity contribution >= 4 is 10.9 Å². The van der Waals surface area contributed by atoms with E-state index in [1.165, 1.54) is 22.2 Å². The van der Waals surface area contributed by atoms with Gasteiger partial charge >= 0.3 is 0 Å². The zero-order valence-electron chi connectivity index (χ0n) is 11.7. The lowest BCUT2D eigenvalue weighted by Gasteiger charge is -2.08. The molecule has 0 amide bonds. The standard InChI is InChI=1S/C16H19N3/c1-4-19-14(10-13(3)17-19)11-18-9-8-15-12(2)6-5-7-16(15)18/h5-10H,4,11H2,1-3H3. The molecule has 0 radical (unpaired) electrons. The highest BCUT2D eigenvalue weighted by molar-refractivity contribution is 5.83. The third-order valence-corrected chi connectivity index (χ3v) is 3.65. The lowest BCUT2D eigenvalue weighted by molar-refractivity contribution is 0.602. The van der Waals surface area contributed by atoms with Crippen molar-refractivity contribution in [1.29, 1.82) is 0 Å². The molecule has 0 aliphatic carbocycles. The smallest absolute Gasteiger partial charge is 0.0645 e. The van der Waals surface area contributed by atoms with E-state index in [4.69, 9.17) is 0 Å². The van der Waals surface area contributed by atoms with Crippen LogP contribution in [0.25, 0.3) is 10.9 Å². The van der Waals surface area contributed by atoms with E-state index in [1.807, 2.05) is 6.92 Å².